The molecule has 2 bridgehead atoms. The van der Waals surface area contributed by atoms with Crippen LogP contribution in [0.3, 0.4) is 0 Å². The van der Waals surface area contributed by atoms with Crippen LogP contribution in [-0.2, 0) is 11.3 Å². The van der Waals surface area contributed by atoms with E-state index in [-0.39, 0.29) is 23.9 Å². The summed E-state index contributed by atoms with van der Waals surface area (Å²) in [7, 11) is 0. The number of piperidine rings is 2. The van der Waals surface area contributed by atoms with Crippen LogP contribution in [0.2, 0.25) is 0 Å². The summed E-state index contributed by atoms with van der Waals surface area (Å²) in [5.41, 5.74) is 1.22. The molecular formula is C17H24ClN3O2. The molecule has 1 aromatic rings. The molecule has 0 radical (unpaired) electrons. The summed E-state index contributed by atoms with van der Waals surface area (Å²) >= 11 is 0. The molecule has 4 rings (SSSR count). The summed E-state index contributed by atoms with van der Waals surface area (Å²) in [4.78, 5) is 26.9. The van der Waals surface area contributed by atoms with Crippen LogP contribution in [0.15, 0.2) is 23.0 Å². The number of likely N-dealkylation sites (tertiary alicyclic amines) is 1. The fourth-order valence-corrected chi connectivity index (χ4v) is 4.40. The zero-order valence-electron chi connectivity index (χ0n) is 13.2. The third kappa shape index (κ3) is 3.04. The first-order valence-corrected chi connectivity index (χ1v) is 8.41. The minimum atomic E-state index is 0. The van der Waals surface area contributed by atoms with Gasteiger partial charge in [-0.1, -0.05) is 6.07 Å². The molecule has 4 heterocycles. The fraction of sp³-hybridized carbons (Fsp3) is 0.647. The average Bonchev–Trinajstić information content (AvgIpc) is 2.56. The van der Waals surface area contributed by atoms with E-state index in [1.165, 1.54) is 0 Å². The zero-order valence-corrected chi connectivity index (χ0v) is 14.1. The predicted molar refractivity (Wildman–Crippen MR) is 91.0 cm³/mol. The summed E-state index contributed by atoms with van der Waals surface area (Å²) in [6.07, 6.45) is 3.03. The van der Waals surface area contributed by atoms with Gasteiger partial charge < -0.3 is 14.8 Å². The SMILES string of the molecule is Cl.O=C(C1CCNCC1)N1C[C@@H]2C[C@H](C1)c1cccc(=O)n1C2. The van der Waals surface area contributed by atoms with Crippen molar-refractivity contribution in [3.63, 3.8) is 0 Å². The molecule has 1 amide bonds. The molecule has 2 fully saturated rings. The van der Waals surface area contributed by atoms with Gasteiger partial charge in [-0.05, 0) is 44.3 Å². The maximum atomic E-state index is 12.8. The van der Waals surface area contributed by atoms with E-state index >= 15 is 0 Å². The van der Waals surface area contributed by atoms with Crippen molar-refractivity contribution in [3.05, 3.63) is 34.2 Å². The van der Waals surface area contributed by atoms with Gasteiger partial charge in [-0.2, -0.15) is 0 Å². The van der Waals surface area contributed by atoms with Gasteiger partial charge >= 0.3 is 0 Å². The van der Waals surface area contributed by atoms with Crippen LogP contribution in [0.5, 0.6) is 0 Å². The van der Waals surface area contributed by atoms with Crippen molar-refractivity contribution in [1.82, 2.24) is 14.8 Å². The van der Waals surface area contributed by atoms with Crippen LogP contribution in [0, 0.1) is 11.8 Å². The number of carbonyl (C=O) groups excluding carboxylic acids is 1. The first kappa shape index (κ1) is 16.5. The molecular weight excluding hydrogens is 314 g/mol. The zero-order chi connectivity index (χ0) is 15.1. The Kier molecular flexibility index (Phi) is 4.78. The highest BCUT2D eigenvalue weighted by atomic mass is 35.5. The highest BCUT2D eigenvalue weighted by Gasteiger charge is 2.37. The van der Waals surface area contributed by atoms with Crippen LogP contribution >= 0.6 is 12.4 Å². The molecule has 0 spiro atoms. The van der Waals surface area contributed by atoms with Crippen molar-refractivity contribution in [1.29, 1.82) is 0 Å². The molecule has 0 unspecified atom stereocenters. The topological polar surface area (TPSA) is 54.3 Å². The molecule has 2 atom stereocenters. The molecule has 0 aliphatic carbocycles. The molecule has 6 heteroatoms. The van der Waals surface area contributed by atoms with Crippen molar-refractivity contribution in [3.8, 4) is 0 Å². The Bertz CT molecular complexity index is 639. The number of nitrogens with zero attached hydrogens (tertiary/aromatic N) is 2. The molecule has 3 aliphatic heterocycles. The number of aromatic nitrogens is 1. The van der Waals surface area contributed by atoms with E-state index in [4.69, 9.17) is 0 Å². The van der Waals surface area contributed by atoms with Gasteiger partial charge in [0.15, 0.2) is 0 Å². The van der Waals surface area contributed by atoms with Gasteiger partial charge in [-0.3, -0.25) is 9.59 Å². The van der Waals surface area contributed by atoms with E-state index < -0.39 is 0 Å². The first-order valence-electron chi connectivity index (χ1n) is 8.41. The van der Waals surface area contributed by atoms with Gasteiger partial charge in [-0.15, -0.1) is 12.4 Å². The minimum absolute atomic E-state index is 0. The van der Waals surface area contributed by atoms with Crippen LogP contribution in [0.25, 0.3) is 0 Å². The number of rotatable bonds is 1. The second-order valence-corrected chi connectivity index (χ2v) is 6.97. The quantitative estimate of drug-likeness (QED) is 0.838. The fourth-order valence-electron chi connectivity index (χ4n) is 4.40. The lowest BCUT2D eigenvalue weighted by molar-refractivity contribution is -0.139. The van der Waals surface area contributed by atoms with Crippen molar-refractivity contribution in [2.75, 3.05) is 26.2 Å². The number of carbonyl (C=O) groups is 1. The van der Waals surface area contributed by atoms with Crippen molar-refractivity contribution < 1.29 is 4.79 Å². The number of amides is 1. The molecule has 1 N–H and O–H groups in total. The molecule has 23 heavy (non-hydrogen) atoms. The smallest absolute Gasteiger partial charge is 0.250 e. The minimum Gasteiger partial charge on any atom is -0.341 e. The summed E-state index contributed by atoms with van der Waals surface area (Å²) < 4.78 is 1.92. The Morgan fingerprint density at radius 2 is 1.91 bits per heavy atom. The predicted octanol–water partition coefficient (Wildman–Crippen LogP) is 1.22. The lowest BCUT2D eigenvalue weighted by atomic mass is 9.82. The van der Waals surface area contributed by atoms with Crippen molar-refractivity contribution >= 4 is 18.3 Å². The summed E-state index contributed by atoms with van der Waals surface area (Å²) in [6, 6.07) is 5.55. The maximum absolute atomic E-state index is 12.8. The third-order valence-corrected chi connectivity index (χ3v) is 5.48. The van der Waals surface area contributed by atoms with Crippen LogP contribution in [0.4, 0.5) is 0 Å². The molecule has 0 saturated carbocycles. The van der Waals surface area contributed by atoms with E-state index in [9.17, 15) is 9.59 Å². The summed E-state index contributed by atoms with van der Waals surface area (Å²) in [5.74, 6) is 1.28. The molecule has 126 valence electrons. The number of hydrogen-bond acceptors (Lipinski definition) is 3. The largest absolute Gasteiger partial charge is 0.341 e. The van der Waals surface area contributed by atoms with Crippen LogP contribution in [0.1, 0.15) is 30.9 Å². The van der Waals surface area contributed by atoms with Crippen LogP contribution < -0.4 is 10.9 Å². The van der Waals surface area contributed by atoms with Gasteiger partial charge in [0.2, 0.25) is 5.91 Å². The van der Waals surface area contributed by atoms with E-state index in [1.807, 2.05) is 10.6 Å². The second-order valence-electron chi connectivity index (χ2n) is 6.97. The normalized spacial score (nSPS) is 27.0. The molecule has 2 saturated heterocycles. The Morgan fingerprint density at radius 3 is 2.70 bits per heavy atom. The van der Waals surface area contributed by atoms with Gasteiger partial charge in [0.25, 0.3) is 5.56 Å². The third-order valence-electron chi connectivity index (χ3n) is 5.48. The number of pyridine rings is 1. The Balaban J connectivity index is 0.00000156. The lowest BCUT2D eigenvalue weighted by Gasteiger charge is -2.44. The highest BCUT2D eigenvalue weighted by Crippen LogP contribution is 2.35. The van der Waals surface area contributed by atoms with Gasteiger partial charge in [-0.25, -0.2) is 0 Å². The first-order chi connectivity index (χ1) is 10.7. The number of halogens is 1. The molecule has 0 aromatic carbocycles. The Morgan fingerprint density at radius 1 is 1.13 bits per heavy atom. The van der Waals surface area contributed by atoms with Crippen molar-refractivity contribution in [2.45, 2.75) is 31.7 Å². The van der Waals surface area contributed by atoms with Gasteiger partial charge in [0, 0.05) is 43.2 Å². The van der Waals surface area contributed by atoms with E-state index in [0.29, 0.717) is 17.7 Å². The Hall–Kier alpha value is -1.33. The van der Waals surface area contributed by atoms with Crippen molar-refractivity contribution in [2.24, 2.45) is 11.8 Å². The maximum Gasteiger partial charge on any atom is 0.250 e. The monoisotopic (exact) mass is 337 g/mol. The summed E-state index contributed by atoms with van der Waals surface area (Å²) in [5, 5.41) is 3.32. The Labute approximate surface area is 142 Å². The summed E-state index contributed by atoms with van der Waals surface area (Å²) in [6.45, 7) is 4.27. The number of fused-ring (bicyclic) bond motifs is 4. The lowest BCUT2D eigenvalue weighted by Crippen LogP contribution is -2.51. The number of nitrogens with one attached hydrogen (secondary N) is 1. The highest BCUT2D eigenvalue weighted by molar-refractivity contribution is 5.85. The molecule has 3 aliphatic rings. The van der Waals surface area contributed by atoms with Gasteiger partial charge in [0.05, 0.1) is 0 Å². The number of hydrogen-bond donors (Lipinski definition) is 1. The standard InChI is InChI=1S/C17H23N3O2.ClH/c21-16-3-1-2-15-14-8-12(10-20(15)16)9-19(11-14)17(22)13-4-6-18-7-5-13;/h1-3,12-14,18H,4-11H2;1H/t12-,14+;/m0./s1. The average molecular weight is 338 g/mol. The molecule has 1 aromatic heterocycles. The van der Waals surface area contributed by atoms with E-state index in [1.54, 1.807) is 6.07 Å². The van der Waals surface area contributed by atoms with Crippen LogP contribution in [-0.4, -0.2) is 41.6 Å². The van der Waals surface area contributed by atoms with E-state index in [2.05, 4.69) is 16.3 Å². The molecule has 5 nitrogen and oxygen atoms in total. The van der Waals surface area contributed by atoms with Gasteiger partial charge in [0.1, 0.15) is 0 Å². The second kappa shape index (κ2) is 6.65. The van der Waals surface area contributed by atoms with E-state index in [0.717, 1.165) is 57.7 Å².